The Morgan fingerprint density at radius 1 is 1.00 bits per heavy atom. The highest BCUT2D eigenvalue weighted by molar-refractivity contribution is 7.90. The normalized spacial score (nSPS) is 15.2. The van der Waals surface area contributed by atoms with Crippen LogP contribution in [0.25, 0.3) is 0 Å². The van der Waals surface area contributed by atoms with Crippen LogP contribution in [-0.4, -0.2) is 46.8 Å². The van der Waals surface area contributed by atoms with Gasteiger partial charge in [-0.3, -0.25) is 4.79 Å². The number of nitrogens with zero attached hydrogens (tertiary/aromatic N) is 2. The number of rotatable bonds is 4. The van der Waals surface area contributed by atoms with Crippen molar-refractivity contribution in [3.05, 3.63) is 53.8 Å². The van der Waals surface area contributed by atoms with E-state index in [-0.39, 0.29) is 4.90 Å². The molecule has 1 heterocycles. The lowest BCUT2D eigenvalue weighted by atomic mass is 10.1. The van der Waals surface area contributed by atoms with Crippen LogP contribution in [0.5, 0.6) is 0 Å². The fourth-order valence-electron chi connectivity index (χ4n) is 3.02. The molecule has 2 aromatic rings. The third kappa shape index (κ3) is 3.80. The van der Waals surface area contributed by atoms with Gasteiger partial charge in [-0.25, -0.2) is 12.8 Å². The summed E-state index contributed by atoms with van der Waals surface area (Å²) >= 11 is 0. The Kier molecular flexibility index (Phi) is 4.86. The number of carbonyl (C=O) groups excluding carboxylic acids is 1. The highest BCUT2D eigenvalue weighted by atomic mass is 32.2. The minimum Gasteiger partial charge on any atom is -0.368 e. The SMILES string of the molecule is CS(=O)(=O)c1ccc(N2CCN(c3ccc(C(N)=O)cc3)CC2)c(F)c1. The summed E-state index contributed by atoms with van der Waals surface area (Å²) in [6.07, 6.45) is 1.06. The number of nitrogens with two attached hydrogens (primary N) is 1. The Morgan fingerprint density at radius 2 is 1.58 bits per heavy atom. The van der Waals surface area contributed by atoms with Gasteiger partial charge in [0.15, 0.2) is 9.84 Å². The molecule has 0 spiro atoms. The van der Waals surface area contributed by atoms with Gasteiger partial charge in [-0.2, -0.15) is 0 Å². The molecule has 6 nitrogen and oxygen atoms in total. The van der Waals surface area contributed by atoms with Crippen molar-refractivity contribution in [2.24, 2.45) is 5.73 Å². The van der Waals surface area contributed by atoms with E-state index in [9.17, 15) is 17.6 Å². The summed E-state index contributed by atoms with van der Waals surface area (Å²) in [5.74, 6) is -0.999. The molecule has 1 fully saturated rings. The molecule has 1 saturated heterocycles. The lowest BCUT2D eigenvalue weighted by Gasteiger charge is -2.37. The molecule has 0 atom stereocenters. The Bertz CT molecular complexity index is 921. The van der Waals surface area contributed by atoms with Gasteiger partial charge < -0.3 is 15.5 Å². The molecule has 1 aliphatic heterocycles. The van der Waals surface area contributed by atoms with E-state index in [4.69, 9.17) is 5.73 Å². The molecule has 8 heteroatoms. The zero-order valence-corrected chi connectivity index (χ0v) is 15.2. The van der Waals surface area contributed by atoms with Gasteiger partial charge in [-0.1, -0.05) is 0 Å². The first kappa shape index (κ1) is 18.2. The van der Waals surface area contributed by atoms with Gasteiger partial charge >= 0.3 is 0 Å². The van der Waals surface area contributed by atoms with Gasteiger partial charge in [-0.15, -0.1) is 0 Å². The molecule has 0 saturated carbocycles. The van der Waals surface area contributed by atoms with E-state index >= 15 is 0 Å². The lowest BCUT2D eigenvalue weighted by Crippen LogP contribution is -2.46. The van der Waals surface area contributed by atoms with Crippen molar-refractivity contribution in [1.82, 2.24) is 0 Å². The van der Waals surface area contributed by atoms with Crippen molar-refractivity contribution in [2.75, 3.05) is 42.2 Å². The zero-order valence-electron chi connectivity index (χ0n) is 14.4. The largest absolute Gasteiger partial charge is 0.368 e. The van der Waals surface area contributed by atoms with Gasteiger partial charge in [0, 0.05) is 43.7 Å². The summed E-state index contributed by atoms with van der Waals surface area (Å²) in [4.78, 5) is 15.2. The third-order valence-corrected chi connectivity index (χ3v) is 5.59. The minimum absolute atomic E-state index is 0.0214. The van der Waals surface area contributed by atoms with Crippen molar-refractivity contribution in [3.8, 4) is 0 Å². The van der Waals surface area contributed by atoms with E-state index in [0.717, 1.165) is 18.0 Å². The Hall–Kier alpha value is -2.61. The number of halogens is 1. The highest BCUT2D eigenvalue weighted by Gasteiger charge is 2.21. The molecule has 26 heavy (non-hydrogen) atoms. The number of hydrogen-bond acceptors (Lipinski definition) is 5. The Morgan fingerprint density at radius 3 is 2.08 bits per heavy atom. The molecule has 0 aliphatic carbocycles. The second-order valence-electron chi connectivity index (χ2n) is 6.27. The number of anilines is 2. The summed E-state index contributed by atoms with van der Waals surface area (Å²) in [7, 11) is -3.43. The second-order valence-corrected chi connectivity index (χ2v) is 8.29. The fourth-order valence-corrected chi connectivity index (χ4v) is 3.65. The average molecular weight is 377 g/mol. The molecule has 0 unspecified atom stereocenters. The average Bonchev–Trinajstić information content (AvgIpc) is 2.61. The zero-order chi connectivity index (χ0) is 18.9. The van der Waals surface area contributed by atoms with E-state index in [2.05, 4.69) is 4.90 Å². The summed E-state index contributed by atoms with van der Waals surface area (Å²) in [5.41, 5.74) is 7.08. The van der Waals surface area contributed by atoms with E-state index in [1.807, 2.05) is 17.0 Å². The molecule has 0 radical (unpaired) electrons. The first-order valence-electron chi connectivity index (χ1n) is 8.15. The van der Waals surface area contributed by atoms with Crippen LogP contribution in [0.3, 0.4) is 0 Å². The third-order valence-electron chi connectivity index (χ3n) is 4.48. The number of benzene rings is 2. The maximum Gasteiger partial charge on any atom is 0.248 e. The van der Waals surface area contributed by atoms with Crippen LogP contribution in [0.2, 0.25) is 0 Å². The van der Waals surface area contributed by atoms with E-state index in [1.165, 1.54) is 12.1 Å². The van der Waals surface area contributed by atoms with Gasteiger partial charge in [0.25, 0.3) is 0 Å². The number of amides is 1. The first-order valence-corrected chi connectivity index (χ1v) is 10.0. The number of sulfone groups is 1. The lowest BCUT2D eigenvalue weighted by molar-refractivity contribution is 0.100. The molecule has 2 N–H and O–H groups in total. The quantitative estimate of drug-likeness (QED) is 0.876. The van der Waals surface area contributed by atoms with Crippen molar-refractivity contribution in [3.63, 3.8) is 0 Å². The van der Waals surface area contributed by atoms with Crippen molar-refractivity contribution >= 4 is 27.1 Å². The molecule has 0 aromatic heterocycles. The number of hydrogen-bond donors (Lipinski definition) is 1. The molecule has 1 amide bonds. The van der Waals surface area contributed by atoms with E-state index < -0.39 is 21.6 Å². The smallest absolute Gasteiger partial charge is 0.248 e. The van der Waals surface area contributed by atoms with Crippen molar-refractivity contribution < 1.29 is 17.6 Å². The van der Waals surface area contributed by atoms with Gasteiger partial charge in [0.05, 0.1) is 10.6 Å². The number of piperazine rings is 1. The van der Waals surface area contributed by atoms with Crippen LogP contribution < -0.4 is 15.5 Å². The molecule has 0 bridgehead atoms. The summed E-state index contributed by atoms with van der Waals surface area (Å²) in [5, 5.41) is 0. The van der Waals surface area contributed by atoms with Crippen LogP contribution in [-0.2, 0) is 9.84 Å². The van der Waals surface area contributed by atoms with Gasteiger partial charge in [0.2, 0.25) is 5.91 Å². The maximum atomic E-state index is 14.3. The van der Waals surface area contributed by atoms with Crippen LogP contribution in [0, 0.1) is 5.82 Å². The Labute approximate surface area is 151 Å². The van der Waals surface area contributed by atoms with Crippen LogP contribution >= 0.6 is 0 Å². The van der Waals surface area contributed by atoms with E-state index in [1.54, 1.807) is 12.1 Å². The van der Waals surface area contributed by atoms with Crippen molar-refractivity contribution in [2.45, 2.75) is 4.90 Å². The second kappa shape index (κ2) is 6.95. The molecule has 2 aromatic carbocycles. The van der Waals surface area contributed by atoms with Gasteiger partial charge in [0.1, 0.15) is 5.82 Å². The predicted octanol–water partition coefficient (Wildman–Crippen LogP) is 1.65. The van der Waals surface area contributed by atoms with Crippen LogP contribution in [0.15, 0.2) is 47.4 Å². The number of primary amides is 1. The number of carbonyl (C=O) groups is 1. The molecular weight excluding hydrogens is 357 g/mol. The molecule has 3 rings (SSSR count). The van der Waals surface area contributed by atoms with Crippen LogP contribution in [0.4, 0.5) is 15.8 Å². The summed E-state index contributed by atoms with van der Waals surface area (Å²) < 4.78 is 37.4. The molecule has 1 aliphatic rings. The predicted molar refractivity (Wildman–Crippen MR) is 98.9 cm³/mol. The Balaban J connectivity index is 1.69. The fraction of sp³-hybridized carbons (Fsp3) is 0.278. The van der Waals surface area contributed by atoms with Gasteiger partial charge in [-0.05, 0) is 42.5 Å². The van der Waals surface area contributed by atoms with E-state index in [0.29, 0.717) is 37.4 Å². The minimum atomic E-state index is -3.43. The monoisotopic (exact) mass is 377 g/mol. The molecular formula is C18H20FN3O3S. The first-order chi connectivity index (χ1) is 12.3. The highest BCUT2D eigenvalue weighted by Crippen LogP contribution is 2.25. The molecule has 138 valence electrons. The van der Waals surface area contributed by atoms with Crippen LogP contribution in [0.1, 0.15) is 10.4 Å². The summed E-state index contributed by atoms with van der Waals surface area (Å²) in [6.45, 7) is 2.58. The van der Waals surface area contributed by atoms with Crippen molar-refractivity contribution in [1.29, 1.82) is 0 Å². The standard InChI is InChI=1S/C18H20FN3O3S/c1-26(24,25)15-6-7-17(16(19)12-15)22-10-8-21(9-11-22)14-4-2-13(3-5-14)18(20)23/h2-7,12H,8-11H2,1H3,(H2,20,23). The maximum absolute atomic E-state index is 14.3. The summed E-state index contributed by atoms with van der Waals surface area (Å²) in [6, 6.07) is 11.1. The topological polar surface area (TPSA) is 83.7 Å².